The topological polar surface area (TPSA) is 67.4 Å². The standard InChI is InChI=1S/C21H15BrF2N2O3/c1-29-18-10-9-14(11-15(18)12-5-7-13(22)8-6-12)25-21(28)26-20(27)19-16(23)3-2-4-17(19)24/h2-11H,1H3,(H2,25,26,27,28). The van der Waals surface area contributed by atoms with Gasteiger partial charge in [0.05, 0.1) is 7.11 Å². The maximum Gasteiger partial charge on any atom is 0.326 e. The maximum absolute atomic E-state index is 13.7. The van der Waals surface area contributed by atoms with Crippen molar-refractivity contribution in [2.75, 3.05) is 12.4 Å². The third kappa shape index (κ3) is 4.78. The average Bonchev–Trinajstić information content (AvgIpc) is 2.68. The molecule has 0 saturated carbocycles. The highest BCUT2D eigenvalue weighted by Gasteiger charge is 2.19. The van der Waals surface area contributed by atoms with Gasteiger partial charge in [-0.3, -0.25) is 10.1 Å². The quantitative estimate of drug-likeness (QED) is 0.550. The molecule has 0 radical (unpaired) electrons. The van der Waals surface area contributed by atoms with Crippen LogP contribution in [0.5, 0.6) is 5.75 Å². The highest BCUT2D eigenvalue weighted by Crippen LogP contribution is 2.33. The van der Waals surface area contributed by atoms with Crippen LogP contribution in [0.3, 0.4) is 0 Å². The Balaban J connectivity index is 1.79. The van der Waals surface area contributed by atoms with Gasteiger partial charge in [-0.15, -0.1) is 0 Å². The number of carbonyl (C=O) groups is 2. The number of urea groups is 1. The number of nitrogens with one attached hydrogen (secondary N) is 2. The van der Waals surface area contributed by atoms with E-state index in [1.165, 1.54) is 7.11 Å². The van der Waals surface area contributed by atoms with E-state index in [2.05, 4.69) is 21.2 Å². The second-order valence-corrected chi connectivity index (χ2v) is 6.84. The number of methoxy groups -OCH3 is 1. The summed E-state index contributed by atoms with van der Waals surface area (Å²) >= 11 is 3.37. The van der Waals surface area contributed by atoms with E-state index in [1.54, 1.807) is 18.2 Å². The molecule has 0 heterocycles. The number of imide groups is 1. The Morgan fingerprint density at radius 3 is 2.24 bits per heavy atom. The summed E-state index contributed by atoms with van der Waals surface area (Å²) in [7, 11) is 1.53. The van der Waals surface area contributed by atoms with Gasteiger partial charge in [-0.2, -0.15) is 0 Å². The lowest BCUT2D eigenvalue weighted by Crippen LogP contribution is -2.35. The Morgan fingerprint density at radius 2 is 1.62 bits per heavy atom. The zero-order valence-corrected chi connectivity index (χ0v) is 16.7. The monoisotopic (exact) mass is 460 g/mol. The van der Waals surface area contributed by atoms with Gasteiger partial charge in [0, 0.05) is 15.7 Å². The molecule has 0 aromatic heterocycles. The Kier molecular flexibility index (Phi) is 6.23. The van der Waals surface area contributed by atoms with Gasteiger partial charge < -0.3 is 10.1 Å². The lowest BCUT2D eigenvalue weighted by molar-refractivity contribution is 0.0959. The normalized spacial score (nSPS) is 10.3. The SMILES string of the molecule is COc1ccc(NC(=O)NC(=O)c2c(F)cccc2F)cc1-c1ccc(Br)cc1. The van der Waals surface area contributed by atoms with E-state index in [0.29, 0.717) is 17.0 Å². The van der Waals surface area contributed by atoms with Gasteiger partial charge in [0.25, 0.3) is 5.91 Å². The summed E-state index contributed by atoms with van der Waals surface area (Å²) < 4.78 is 33.6. The number of benzene rings is 3. The van der Waals surface area contributed by atoms with Crippen molar-refractivity contribution in [3.05, 3.63) is 82.3 Å². The van der Waals surface area contributed by atoms with E-state index in [0.717, 1.165) is 28.2 Å². The third-order valence-corrected chi connectivity index (χ3v) is 4.56. The average molecular weight is 461 g/mol. The molecule has 0 saturated heterocycles. The minimum absolute atomic E-state index is 0.364. The van der Waals surface area contributed by atoms with Crippen LogP contribution in [0, 0.1) is 11.6 Å². The van der Waals surface area contributed by atoms with E-state index in [9.17, 15) is 18.4 Å². The van der Waals surface area contributed by atoms with Crippen LogP contribution < -0.4 is 15.4 Å². The summed E-state index contributed by atoms with van der Waals surface area (Å²) in [6.45, 7) is 0. The van der Waals surface area contributed by atoms with Crippen LogP contribution in [0.2, 0.25) is 0 Å². The molecule has 0 fully saturated rings. The summed E-state index contributed by atoms with van der Waals surface area (Å²) in [5, 5.41) is 4.39. The zero-order chi connectivity index (χ0) is 21.0. The number of halogens is 3. The molecule has 148 valence electrons. The lowest BCUT2D eigenvalue weighted by atomic mass is 10.0. The highest BCUT2D eigenvalue weighted by molar-refractivity contribution is 9.10. The molecule has 0 unspecified atom stereocenters. The summed E-state index contributed by atoms with van der Waals surface area (Å²) in [5.74, 6) is -2.71. The largest absolute Gasteiger partial charge is 0.496 e. The Morgan fingerprint density at radius 1 is 0.966 bits per heavy atom. The van der Waals surface area contributed by atoms with E-state index in [4.69, 9.17) is 4.74 Å². The molecule has 3 aromatic rings. The number of amides is 3. The molecule has 0 aliphatic carbocycles. The van der Waals surface area contributed by atoms with Crippen molar-refractivity contribution in [3.8, 4) is 16.9 Å². The van der Waals surface area contributed by atoms with Crippen LogP contribution in [0.15, 0.2) is 65.1 Å². The van der Waals surface area contributed by atoms with Gasteiger partial charge in [-0.05, 0) is 48.0 Å². The second-order valence-electron chi connectivity index (χ2n) is 5.93. The van der Waals surface area contributed by atoms with Crippen LogP contribution in [0.1, 0.15) is 10.4 Å². The fraction of sp³-hybridized carbons (Fsp3) is 0.0476. The number of carbonyl (C=O) groups excluding carboxylic acids is 2. The van der Waals surface area contributed by atoms with Crippen molar-refractivity contribution in [2.45, 2.75) is 0 Å². The molecule has 3 rings (SSSR count). The van der Waals surface area contributed by atoms with Crippen molar-refractivity contribution in [2.24, 2.45) is 0 Å². The van der Waals surface area contributed by atoms with E-state index in [-0.39, 0.29) is 0 Å². The molecule has 0 aliphatic rings. The van der Waals surface area contributed by atoms with Crippen LogP contribution in [-0.4, -0.2) is 19.0 Å². The van der Waals surface area contributed by atoms with E-state index in [1.807, 2.05) is 29.6 Å². The van der Waals surface area contributed by atoms with Crippen LogP contribution in [-0.2, 0) is 0 Å². The van der Waals surface area contributed by atoms with Gasteiger partial charge in [-0.25, -0.2) is 13.6 Å². The van der Waals surface area contributed by atoms with Gasteiger partial charge in [0.15, 0.2) is 0 Å². The molecule has 0 spiro atoms. The Hall–Kier alpha value is -3.26. The summed E-state index contributed by atoms with van der Waals surface area (Å²) in [6, 6.07) is 14.4. The molecule has 0 aliphatic heterocycles. The van der Waals surface area contributed by atoms with Crippen molar-refractivity contribution in [1.29, 1.82) is 0 Å². The molecule has 3 aromatic carbocycles. The summed E-state index contributed by atoms with van der Waals surface area (Å²) in [6.07, 6.45) is 0. The first-order chi connectivity index (χ1) is 13.9. The van der Waals surface area contributed by atoms with E-state index >= 15 is 0 Å². The maximum atomic E-state index is 13.7. The fourth-order valence-electron chi connectivity index (χ4n) is 2.68. The molecule has 5 nitrogen and oxygen atoms in total. The summed E-state index contributed by atoms with van der Waals surface area (Å²) in [4.78, 5) is 24.2. The molecule has 0 bridgehead atoms. The minimum atomic E-state index is -1.18. The minimum Gasteiger partial charge on any atom is -0.496 e. The van der Waals surface area contributed by atoms with Crippen molar-refractivity contribution in [1.82, 2.24) is 5.32 Å². The van der Waals surface area contributed by atoms with Gasteiger partial charge >= 0.3 is 6.03 Å². The van der Waals surface area contributed by atoms with Crippen molar-refractivity contribution in [3.63, 3.8) is 0 Å². The first-order valence-electron chi connectivity index (χ1n) is 8.39. The van der Waals surface area contributed by atoms with Gasteiger partial charge in [-0.1, -0.05) is 34.1 Å². The number of ether oxygens (including phenoxy) is 1. The van der Waals surface area contributed by atoms with Crippen LogP contribution in [0.25, 0.3) is 11.1 Å². The first-order valence-corrected chi connectivity index (χ1v) is 9.18. The smallest absolute Gasteiger partial charge is 0.326 e. The van der Waals surface area contributed by atoms with Crippen LogP contribution in [0.4, 0.5) is 19.3 Å². The predicted molar refractivity (Wildman–Crippen MR) is 109 cm³/mol. The molecule has 8 heteroatoms. The molecule has 2 N–H and O–H groups in total. The van der Waals surface area contributed by atoms with Gasteiger partial charge in [0.2, 0.25) is 0 Å². The summed E-state index contributed by atoms with van der Waals surface area (Å²) in [5.41, 5.74) is 1.10. The molecule has 29 heavy (non-hydrogen) atoms. The number of rotatable bonds is 4. The molecule has 3 amide bonds. The fourth-order valence-corrected chi connectivity index (χ4v) is 2.95. The van der Waals surface area contributed by atoms with Crippen LogP contribution >= 0.6 is 15.9 Å². The van der Waals surface area contributed by atoms with E-state index < -0.39 is 29.1 Å². The first kappa shape index (κ1) is 20.5. The number of hydrogen-bond donors (Lipinski definition) is 2. The Bertz CT molecular complexity index is 1050. The third-order valence-electron chi connectivity index (χ3n) is 4.03. The second kappa shape index (κ2) is 8.83. The van der Waals surface area contributed by atoms with Gasteiger partial charge in [0.1, 0.15) is 22.9 Å². The van der Waals surface area contributed by atoms with Crippen molar-refractivity contribution >= 4 is 33.6 Å². The number of hydrogen-bond acceptors (Lipinski definition) is 3. The molecular weight excluding hydrogens is 446 g/mol. The zero-order valence-electron chi connectivity index (χ0n) is 15.1. The number of anilines is 1. The highest BCUT2D eigenvalue weighted by atomic mass is 79.9. The predicted octanol–water partition coefficient (Wildman–Crippen LogP) is 5.36. The van der Waals surface area contributed by atoms with Crippen molar-refractivity contribution < 1.29 is 23.1 Å². The lowest BCUT2D eigenvalue weighted by Gasteiger charge is -2.13. The Labute approximate surface area is 173 Å². The molecule has 0 atom stereocenters. The molecular formula is C21H15BrF2N2O3.